The van der Waals surface area contributed by atoms with Gasteiger partial charge in [-0.15, -0.1) is 11.8 Å². The van der Waals surface area contributed by atoms with Crippen LogP contribution in [-0.4, -0.2) is 11.1 Å². The molecule has 0 radical (unpaired) electrons. The van der Waals surface area contributed by atoms with Crippen molar-refractivity contribution >= 4 is 17.7 Å². The Hall–Kier alpha value is -1.88. The molecular weight excluding hydrogens is 294 g/mol. The summed E-state index contributed by atoms with van der Waals surface area (Å²) >= 11 is 1.20. The first-order valence-electron chi connectivity index (χ1n) is 6.37. The third-order valence-electron chi connectivity index (χ3n) is 3.14. The molecule has 0 aliphatic heterocycles. The van der Waals surface area contributed by atoms with Gasteiger partial charge < -0.3 is 5.11 Å². The van der Waals surface area contributed by atoms with Crippen molar-refractivity contribution in [1.82, 2.24) is 0 Å². The Balaban J connectivity index is 2.04. The van der Waals surface area contributed by atoms with Gasteiger partial charge in [-0.1, -0.05) is 24.3 Å². The Morgan fingerprint density at radius 3 is 2.48 bits per heavy atom. The van der Waals surface area contributed by atoms with Crippen LogP contribution < -0.4 is 0 Å². The number of carbonyl (C=O) groups is 1. The average Bonchev–Trinajstić information content (AvgIpc) is 2.48. The molecule has 2 nitrogen and oxygen atoms in total. The molecular formula is C16H14F2O2S. The second-order valence-electron chi connectivity index (χ2n) is 4.66. The second-order valence-corrected chi connectivity index (χ2v) is 5.68. The SMILES string of the molecule is CC(C(=O)O)c1ccc(CSc2cc(F)ccc2F)cc1. The molecule has 0 fully saturated rings. The van der Waals surface area contributed by atoms with Gasteiger partial charge in [0.25, 0.3) is 0 Å². The Bertz CT molecular complexity index is 641. The standard InChI is InChI=1S/C16H14F2O2S/c1-10(16(19)20)12-4-2-11(3-5-12)9-21-15-8-13(17)6-7-14(15)18/h2-8,10H,9H2,1H3,(H,19,20). The molecule has 0 aliphatic carbocycles. The summed E-state index contributed by atoms with van der Waals surface area (Å²) in [5, 5.41) is 8.93. The average molecular weight is 308 g/mol. The maximum absolute atomic E-state index is 13.5. The zero-order valence-corrected chi connectivity index (χ0v) is 12.2. The minimum absolute atomic E-state index is 0.262. The summed E-state index contributed by atoms with van der Waals surface area (Å²) in [6.07, 6.45) is 0. The Labute approximate surface area is 125 Å². The highest BCUT2D eigenvalue weighted by atomic mass is 32.2. The molecule has 0 aromatic heterocycles. The second kappa shape index (κ2) is 6.72. The van der Waals surface area contributed by atoms with Gasteiger partial charge in [0.15, 0.2) is 0 Å². The molecule has 2 aromatic carbocycles. The molecule has 1 atom stereocenters. The molecule has 0 spiro atoms. The van der Waals surface area contributed by atoms with Gasteiger partial charge >= 0.3 is 5.97 Å². The molecule has 0 saturated carbocycles. The monoisotopic (exact) mass is 308 g/mol. The summed E-state index contributed by atoms with van der Waals surface area (Å²) in [7, 11) is 0. The van der Waals surface area contributed by atoms with Crippen LogP contribution in [0.4, 0.5) is 8.78 Å². The summed E-state index contributed by atoms with van der Waals surface area (Å²) in [4.78, 5) is 11.1. The van der Waals surface area contributed by atoms with Crippen LogP contribution in [0.5, 0.6) is 0 Å². The summed E-state index contributed by atoms with van der Waals surface area (Å²) in [5.74, 6) is -1.87. The Morgan fingerprint density at radius 2 is 1.86 bits per heavy atom. The van der Waals surface area contributed by atoms with Gasteiger partial charge in [-0.25, -0.2) is 8.78 Å². The van der Waals surface area contributed by atoms with E-state index in [1.54, 1.807) is 31.2 Å². The molecule has 110 valence electrons. The van der Waals surface area contributed by atoms with Crippen molar-refractivity contribution < 1.29 is 18.7 Å². The van der Waals surface area contributed by atoms with E-state index in [0.717, 1.165) is 17.7 Å². The number of thioether (sulfide) groups is 1. The van der Waals surface area contributed by atoms with Crippen molar-refractivity contribution in [3.8, 4) is 0 Å². The number of hydrogen-bond donors (Lipinski definition) is 1. The lowest BCUT2D eigenvalue weighted by molar-refractivity contribution is -0.138. The zero-order chi connectivity index (χ0) is 15.4. The summed E-state index contributed by atoms with van der Waals surface area (Å²) < 4.78 is 26.5. The van der Waals surface area contributed by atoms with E-state index in [-0.39, 0.29) is 4.90 Å². The van der Waals surface area contributed by atoms with E-state index >= 15 is 0 Å². The van der Waals surface area contributed by atoms with Crippen molar-refractivity contribution in [2.75, 3.05) is 0 Å². The highest BCUT2D eigenvalue weighted by Crippen LogP contribution is 2.27. The number of aliphatic carboxylic acids is 1. The first-order valence-corrected chi connectivity index (χ1v) is 7.35. The quantitative estimate of drug-likeness (QED) is 0.829. The van der Waals surface area contributed by atoms with Crippen molar-refractivity contribution in [2.24, 2.45) is 0 Å². The summed E-state index contributed by atoms with van der Waals surface area (Å²) in [6.45, 7) is 1.62. The van der Waals surface area contributed by atoms with Crippen LogP contribution >= 0.6 is 11.8 Å². The predicted molar refractivity (Wildman–Crippen MR) is 78.4 cm³/mol. The molecule has 1 unspecified atom stereocenters. The minimum atomic E-state index is -0.876. The molecule has 5 heteroatoms. The van der Waals surface area contributed by atoms with E-state index < -0.39 is 23.5 Å². The highest BCUT2D eigenvalue weighted by molar-refractivity contribution is 7.98. The van der Waals surface area contributed by atoms with Crippen LogP contribution in [0.25, 0.3) is 0 Å². The fraction of sp³-hybridized carbons (Fsp3) is 0.188. The minimum Gasteiger partial charge on any atom is -0.481 e. The van der Waals surface area contributed by atoms with Crippen molar-refractivity contribution in [3.63, 3.8) is 0 Å². The molecule has 21 heavy (non-hydrogen) atoms. The molecule has 1 N–H and O–H groups in total. The largest absolute Gasteiger partial charge is 0.481 e. The number of carboxylic acids is 1. The van der Waals surface area contributed by atoms with E-state index in [4.69, 9.17) is 5.11 Å². The molecule has 0 saturated heterocycles. The van der Waals surface area contributed by atoms with E-state index in [1.807, 2.05) is 0 Å². The Morgan fingerprint density at radius 1 is 1.19 bits per heavy atom. The van der Waals surface area contributed by atoms with E-state index in [0.29, 0.717) is 11.3 Å². The van der Waals surface area contributed by atoms with Crippen LogP contribution in [0.2, 0.25) is 0 Å². The Kier molecular flexibility index (Phi) is 4.96. The third kappa shape index (κ3) is 4.04. The molecule has 0 amide bonds. The van der Waals surface area contributed by atoms with Crippen molar-refractivity contribution in [3.05, 3.63) is 65.2 Å². The number of rotatable bonds is 5. The van der Waals surface area contributed by atoms with Gasteiger partial charge in [0.1, 0.15) is 11.6 Å². The third-order valence-corrected chi connectivity index (χ3v) is 4.24. The topological polar surface area (TPSA) is 37.3 Å². The van der Waals surface area contributed by atoms with Gasteiger partial charge in [-0.3, -0.25) is 4.79 Å². The number of halogens is 2. The summed E-state index contributed by atoms with van der Waals surface area (Å²) in [6, 6.07) is 10.5. The van der Waals surface area contributed by atoms with Crippen LogP contribution in [-0.2, 0) is 10.5 Å². The van der Waals surface area contributed by atoms with Crippen LogP contribution in [0.15, 0.2) is 47.4 Å². The molecule has 0 bridgehead atoms. The number of carboxylic acid groups (broad SMARTS) is 1. The number of benzene rings is 2. The van der Waals surface area contributed by atoms with Crippen LogP contribution in [0, 0.1) is 11.6 Å². The highest BCUT2D eigenvalue weighted by Gasteiger charge is 2.13. The first kappa shape index (κ1) is 15.5. The van der Waals surface area contributed by atoms with E-state index in [9.17, 15) is 13.6 Å². The maximum atomic E-state index is 13.5. The van der Waals surface area contributed by atoms with Gasteiger partial charge in [-0.2, -0.15) is 0 Å². The normalized spacial score (nSPS) is 12.1. The van der Waals surface area contributed by atoms with Gasteiger partial charge in [0.05, 0.1) is 5.92 Å². The predicted octanol–water partition coefficient (Wildman–Crippen LogP) is 4.45. The van der Waals surface area contributed by atoms with Crippen LogP contribution in [0.1, 0.15) is 24.0 Å². The molecule has 2 aromatic rings. The molecule has 0 heterocycles. The van der Waals surface area contributed by atoms with Crippen LogP contribution in [0.3, 0.4) is 0 Å². The fourth-order valence-electron chi connectivity index (χ4n) is 1.79. The van der Waals surface area contributed by atoms with Crippen molar-refractivity contribution in [2.45, 2.75) is 23.5 Å². The maximum Gasteiger partial charge on any atom is 0.310 e. The smallest absolute Gasteiger partial charge is 0.310 e. The van der Waals surface area contributed by atoms with E-state index in [2.05, 4.69) is 0 Å². The summed E-state index contributed by atoms with van der Waals surface area (Å²) in [5.41, 5.74) is 1.64. The lowest BCUT2D eigenvalue weighted by Gasteiger charge is -2.08. The first-order chi connectivity index (χ1) is 9.97. The number of hydrogen-bond acceptors (Lipinski definition) is 2. The fourth-order valence-corrected chi connectivity index (χ4v) is 2.71. The zero-order valence-electron chi connectivity index (χ0n) is 11.3. The van der Waals surface area contributed by atoms with Gasteiger partial charge in [0.2, 0.25) is 0 Å². The van der Waals surface area contributed by atoms with Gasteiger partial charge in [-0.05, 0) is 36.2 Å². The van der Waals surface area contributed by atoms with E-state index in [1.165, 1.54) is 17.8 Å². The lowest BCUT2D eigenvalue weighted by Crippen LogP contribution is -2.07. The lowest BCUT2D eigenvalue weighted by atomic mass is 10.0. The van der Waals surface area contributed by atoms with Crippen molar-refractivity contribution in [1.29, 1.82) is 0 Å². The molecule has 0 aliphatic rings. The van der Waals surface area contributed by atoms with Gasteiger partial charge in [0, 0.05) is 10.6 Å². The molecule has 2 rings (SSSR count).